The molecule has 0 unspecified atom stereocenters. The van der Waals surface area contributed by atoms with Gasteiger partial charge in [-0.1, -0.05) is 23.7 Å². The van der Waals surface area contributed by atoms with Crippen molar-refractivity contribution in [2.45, 2.75) is 13.8 Å². The third kappa shape index (κ3) is 2.50. The van der Waals surface area contributed by atoms with Crippen LogP contribution in [0, 0.1) is 13.8 Å². The molecule has 4 heteroatoms. The first-order chi connectivity index (χ1) is 8.08. The molecule has 1 aromatic heterocycles. The van der Waals surface area contributed by atoms with Crippen LogP contribution in [0.2, 0.25) is 5.02 Å². The van der Waals surface area contributed by atoms with Gasteiger partial charge < -0.3 is 11.1 Å². The van der Waals surface area contributed by atoms with Crippen molar-refractivity contribution in [1.82, 2.24) is 4.98 Å². The van der Waals surface area contributed by atoms with Crippen molar-refractivity contribution in [2.75, 3.05) is 11.1 Å². The van der Waals surface area contributed by atoms with Gasteiger partial charge in [0.25, 0.3) is 0 Å². The molecule has 0 saturated heterocycles. The van der Waals surface area contributed by atoms with E-state index in [-0.39, 0.29) is 0 Å². The average Bonchev–Trinajstić information content (AvgIpc) is 2.26. The van der Waals surface area contributed by atoms with Gasteiger partial charge >= 0.3 is 0 Å². The average molecular weight is 248 g/mol. The molecule has 0 radical (unpaired) electrons. The Morgan fingerprint density at radius 2 is 2.00 bits per heavy atom. The van der Waals surface area contributed by atoms with E-state index < -0.39 is 0 Å². The molecule has 1 aromatic carbocycles. The van der Waals surface area contributed by atoms with E-state index in [1.165, 1.54) is 0 Å². The molecule has 88 valence electrons. The van der Waals surface area contributed by atoms with Crippen LogP contribution in [0.3, 0.4) is 0 Å². The van der Waals surface area contributed by atoms with Gasteiger partial charge in [-0.25, -0.2) is 4.98 Å². The van der Waals surface area contributed by atoms with E-state index in [0.29, 0.717) is 10.7 Å². The number of nitrogens with zero attached hydrogens (tertiary/aromatic N) is 1. The van der Waals surface area contributed by atoms with E-state index in [1.54, 1.807) is 6.20 Å². The van der Waals surface area contributed by atoms with E-state index in [1.807, 2.05) is 38.1 Å². The first-order valence-electron chi connectivity index (χ1n) is 5.32. The van der Waals surface area contributed by atoms with Crippen LogP contribution in [0.15, 0.2) is 30.5 Å². The molecule has 0 aliphatic rings. The van der Waals surface area contributed by atoms with E-state index in [0.717, 1.165) is 22.6 Å². The second-order valence-corrected chi connectivity index (χ2v) is 4.40. The Balaban J connectivity index is 2.38. The van der Waals surface area contributed by atoms with Crippen LogP contribution < -0.4 is 11.1 Å². The van der Waals surface area contributed by atoms with Gasteiger partial charge in [0, 0.05) is 0 Å². The van der Waals surface area contributed by atoms with Gasteiger partial charge in [-0.15, -0.1) is 0 Å². The fraction of sp³-hybridized carbons (Fsp3) is 0.154. The number of nitrogens with one attached hydrogen (secondary N) is 1. The molecule has 1 heterocycles. The highest BCUT2D eigenvalue weighted by molar-refractivity contribution is 6.33. The van der Waals surface area contributed by atoms with Crippen LogP contribution in [0.1, 0.15) is 11.1 Å². The quantitative estimate of drug-likeness (QED) is 0.851. The van der Waals surface area contributed by atoms with E-state index >= 15 is 0 Å². The SMILES string of the molecule is Cc1cc(N)cnc1Nc1c(C)cccc1Cl. The molecule has 2 aromatic rings. The minimum atomic E-state index is 0.656. The van der Waals surface area contributed by atoms with Crippen molar-refractivity contribution in [3.8, 4) is 0 Å². The lowest BCUT2D eigenvalue weighted by atomic mass is 10.2. The first-order valence-corrected chi connectivity index (χ1v) is 5.70. The Bertz CT molecular complexity index is 532. The maximum absolute atomic E-state index is 6.15. The molecular formula is C13H14ClN3. The van der Waals surface area contributed by atoms with Gasteiger partial charge in [0.1, 0.15) is 5.82 Å². The predicted molar refractivity (Wildman–Crippen MR) is 72.9 cm³/mol. The molecule has 3 N–H and O–H groups in total. The number of benzene rings is 1. The third-order valence-corrected chi connectivity index (χ3v) is 2.88. The van der Waals surface area contributed by atoms with Crippen molar-refractivity contribution < 1.29 is 0 Å². The number of hydrogen-bond acceptors (Lipinski definition) is 3. The van der Waals surface area contributed by atoms with Crippen molar-refractivity contribution in [2.24, 2.45) is 0 Å². The molecule has 17 heavy (non-hydrogen) atoms. The predicted octanol–water partition coefficient (Wildman–Crippen LogP) is 3.68. The number of pyridine rings is 1. The lowest BCUT2D eigenvalue weighted by molar-refractivity contribution is 1.25. The fourth-order valence-corrected chi connectivity index (χ4v) is 1.91. The Labute approximate surface area is 106 Å². The zero-order chi connectivity index (χ0) is 12.4. The van der Waals surface area contributed by atoms with Gasteiger partial charge in [-0.05, 0) is 37.1 Å². The fourth-order valence-electron chi connectivity index (χ4n) is 1.64. The standard InChI is InChI=1S/C13H14ClN3/c1-8-4-3-5-11(14)12(8)17-13-9(2)6-10(15)7-16-13/h3-7H,15H2,1-2H3,(H,16,17). The molecule has 3 nitrogen and oxygen atoms in total. The zero-order valence-corrected chi connectivity index (χ0v) is 10.5. The smallest absolute Gasteiger partial charge is 0.133 e. The Kier molecular flexibility index (Phi) is 3.20. The monoisotopic (exact) mass is 247 g/mol. The van der Waals surface area contributed by atoms with E-state index in [9.17, 15) is 0 Å². The molecule has 2 rings (SSSR count). The highest BCUT2D eigenvalue weighted by atomic mass is 35.5. The van der Waals surface area contributed by atoms with Crippen LogP contribution >= 0.6 is 11.6 Å². The van der Waals surface area contributed by atoms with Crippen LogP contribution in [0.4, 0.5) is 17.2 Å². The summed E-state index contributed by atoms with van der Waals surface area (Å²) < 4.78 is 0. The topological polar surface area (TPSA) is 50.9 Å². The summed E-state index contributed by atoms with van der Waals surface area (Å²) in [5.41, 5.74) is 9.27. The Morgan fingerprint density at radius 3 is 2.65 bits per heavy atom. The molecule has 0 aliphatic carbocycles. The largest absolute Gasteiger partial charge is 0.397 e. The summed E-state index contributed by atoms with van der Waals surface area (Å²) in [5.74, 6) is 0.774. The molecule has 0 atom stereocenters. The number of aromatic nitrogens is 1. The third-order valence-electron chi connectivity index (χ3n) is 2.56. The van der Waals surface area contributed by atoms with Gasteiger partial charge in [0.05, 0.1) is 22.6 Å². The van der Waals surface area contributed by atoms with E-state index in [2.05, 4.69) is 10.3 Å². The van der Waals surface area contributed by atoms with E-state index in [4.69, 9.17) is 17.3 Å². The minimum absolute atomic E-state index is 0.656. The molecule has 0 bridgehead atoms. The normalized spacial score (nSPS) is 10.3. The molecule has 0 aliphatic heterocycles. The van der Waals surface area contributed by atoms with Crippen molar-refractivity contribution in [3.63, 3.8) is 0 Å². The Hall–Kier alpha value is -1.74. The lowest BCUT2D eigenvalue weighted by Crippen LogP contribution is -2.00. The number of para-hydroxylation sites is 1. The number of halogens is 1. The first kappa shape index (κ1) is 11.7. The lowest BCUT2D eigenvalue weighted by Gasteiger charge is -2.12. The Morgan fingerprint density at radius 1 is 1.24 bits per heavy atom. The van der Waals surface area contributed by atoms with Crippen molar-refractivity contribution >= 4 is 28.8 Å². The summed E-state index contributed by atoms with van der Waals surface area (Å²) in [7, 11) is 0. The van der Waals surface area contributed by atoms with Crippen LogP contribution in [0.25, 0.3) is 0 Å². The molecular weight excluding hydrogens is 234 g/mol. The highest BCUT2D eigenvalue weighted by Crippen LogP contribution is 2.29. The van der Waals surface area contributed by atoms with Gasteiger partial charge in [-0.2, -0.15) is 0 Å². The van der Waals surface area contributed by atoms with Crippen molar-refractivity contribution in [3.05, 3.63) is 46.6 Å². The number of aryl methyl sites for hydroxylation is 2. The number of anilines is 3. The summed E-state index contributed by atoms with van der Waals surface area (Å²) >= 11 is 6.15. The second kappa shape index (κ2) is 4.63. The molecule has 0 spiro atoms. The van der Waals surface area contributed by atoms with Gasteiger partial charge in [0.2, 0.25) is 0 Å². The number of hydrogen-bond donors (Lipinski definition) is 2. The van der Waals surface area contributed by atoms with Gasteiger partial charge in [-0.3, -0.25) is 0 Å². The maximum atomic E-state index is 6.15. The molecule has 0 fully saturated rings. The number of nitrogens with two attached hydrogens (primary N) is 1. The van der Waals surface area contributed by atoms with Crippen molar-refractivity contribution in [1.29, 1.82) is 0 Å². The highest BCUT2D eigenvalue weighted by Gasteiger charge is 2.06. The number of nitrogen functional groups attached to an aromatic ring is 1. The van der Waals surface area contributed by atoms with Crippen LogP contribution in [0.5, 0.6) is 0 Å². The zero-order valence-electron chi connectivity index (χ0n) is 9.79. The maximum Gasteiger partial charge on any atom is 0.133 e. The summed E-state index contributed by atoms with van der Waals surface area (Å²) in [6, 6.07) is 7.65. The van der Waals surface area contributed by atoms with Crippen LogP contribution in [-0.2, 0) is 0 Å². The summed E-state index contributed by atoms with van der Waals surface area (Å²) in [6.45, 7) is 3.96. The summed E-state index contributed by atoms with van der Waals surface area (Å²) in [4.78, 5) is 4.26. The number of rotatable bonds is 2. The minimum Gasteiger partial charge on any atom is -0.397 e. The molecule has 0 amide bonds. The summed E-state index contributed by atoms with van der Waals surface area (Å²) in [5, 5.41) is 3.92. The summed E-state index contributed by atoms with van der Waals surface area (Å²) in [6.07, 6.45) is 1.63. The molecule has 0 saturated carbocycles. The second-order valence-electron chi connectivity index (χ2n) is 3.99. The van der Waals surface area contributed by atoms with Crippen LogP contribution in [-0.4, -0.2) is 4.98 Å². The van der Waals surface area contributed by atoms with Gasteiger partial charge in [0.15, 0.2) is 0 Å².